The van der Waals surface area contributed by atoms with Crippen LogP contribution in [0.5, 0.6) is 5.75 Å². The van der Waals surface area contributed by atoms with Crippen molar-refractivity contribution in [1.82, 2.24) is 0 Å². The number of rotatable bonds is 4. The minimum atomic E-state index is -0.361. The number of carbonyl (C=O) groups excluding carboxylic acids is 2. The van der Waals surface area contributed by atoms with Gasteiger partial charge in [-0.05, 0) is 48.5 Å². The lowest BCUT2D eigenvalue weighted by Gasteiger charge is -2.13. The van der Waals surface area contributed by atoms with E-state index in [1.807, 2.05) is 0 Å². The summed E-state index contributed by atoms with van der Waals surface area (Å²) in [5.41, 5.74) is 1.91. The van der Waals surface area contributed by atoms with Crippen molar-refractivity contribution in [3.8, 4) is 5.75 Å². The second-order valence-electron chi connectivity index (χ2n) is 5.00. The van der Waals surface area contributed by atoms with Crippen LogP contribution in [-0.2, 0) is 4.74 Å². The Balaban J connectivity index is 1.68. The first kappa shape index (κ1) is 14.9. The van der Waals surface area contributed by atoms with Gasteiger partial charge in [0.1, 0.15) is 12.4 Å². The van der Waals surface area contributed by atoms with E-state index in [1.54, 1.807) is 55.6 Å². The highest BCUT2D eigenvalue weighted by Gasteiger charge is 2.23. The van der Waals surface area contributed by atoms with Gasteiger partial charge in [0.15, 0.2) is 0 Å². The van der Waals surface area contributed by atoms with Crippen LogP contribution in [0.25, 0.3) is 0 Å². The highest BCUT2D eigenvalue weighted by atomic mass is 16.6. The fourth-order valence-electron chi connectivity index (χ4n) is 2.30. The second kappa shape index (κ2) is 6.39. The lowest BCUT2D eigenvalue weighted by atomic mass is 10.1. The first-order valence-electron chi connectivity index (χ1n) is 7.17. The molecule has 0 saturated carbocycles. The molecule has 0 atom stereocenters. The number of amides is 2. The monoisotopic (exact) mass is 312 g/mol. The molecule has 1 saturated heterocycles. The third-order valence-corrected chi connectivity index (χ3v) is 3.55. The van der Waals surface area contributed by atoms with E-state index in [-0.39, 0.29) is 12.0 Å². The molecule has 0 aliphatic carbocycles. The maximum atomic E-state index is 12.2. The lowest BCUT2D eigenvalue weighted by Crippen LogP contribution is -2.23. The smallest absolute Gasteiger partial charge is 0.414 e. The van der Waals surface area contributed by atoms with E-state index < -0.39 is 0 Å². The third-order valence-electron chi connectivity index (χ3n) is 3.55. The Bertz CT molecular complexity index is 710. The number of hydrogen-bond acceptors (Lipinski definition) is 4. The molecule has 1 N–H and O–H groups in total. The van der Waals surface area contributed by atoms with Crippen LogP contribution >= 0.6 is 0 Å². The summed E-state index contributed by atoms with van der Waals surface area (Å²) in [5.74, 6) is 0.510. The van der Waals surface area contributed by atoms with Crippen LogP contribution in [0.2, 0.25) is 0 Å². The third kappa shape index (κ3) is 3.26. The Labute approximate surface area is 133 Å². The molecule has 6 heteroatoms. The van der Waals surface area contributed by atoms with Crippen LogP contribution in [-0.4, -0.2) is 32.3 Å². The molecule has 0 spiro atoms. The average molecular weight is 312 g/mol. The number of anilines is 2. The minimum absolute atomic E-state index is 0.217. The first-order valence-corrected chi connectivity index (χ1v) is 7.17. The fourth-order valence-corrected chi connectivity index (χ4v) is 2.30. The molecular formula is C17H16N2O4. The molecule has 1 aliphatic heterocycles. The Morgan fingerprint density at radius 1 is 1.13 bits per heavy atom. The maximum absolute atomic E-state index is 12.2. The molecule has 2 aromatic carbocycles. The number of carbonyl (C=O) groups is 2. The molecule has 118 valence electrons. The van der Waals surface area contributed by atoms with Crippen LogP contribution in [0.15, 0.2) is 48.5 Å². The maximum Gasteiger partial charge on any atom is 0.414 e. The van der Waals surface area contributed by atoms with E-state index in [9.17, 15) is 9.59 Å². The van der Waals surface area contributed by atoms with Crippen molar-refractivity contribution >= 4 is 23.4 Å². The van der Waals surface area contributed by atoms with Crippen molar-refractivity contribution in [2.75, 3.05) is 30.5 Å². The summed E-state index contributed by atoms with van der Waals surface area (Å²) in [7, 11) is 1.59. The van der Waals surface area contributed by atoms with Gasteiger partial charge in [-0.3, -0.25) is 9.69 Å². The lowest BCUT2D eigenvalue weighted by molar-refractivity contribution is 0.102. The zero-order chi connectivity index (χ0) is 16.2. The van der Waals surface area contributed by atoms with E-state index in [2.05, 4.69) is 5.32 Å². The Hall–Kier alpha value is -3.02. The molecule has 0 unspecified atom stereocenters. The molecule has 3 rings (SSSR count). The van der Waals surface area contributed by atoms with Gasteiger partial charge in [-0.15, -0.1) is 0 Å². The molecule has 1 heterocycles. The largest absolute Gasteiger partial charge is 0.497 e. The number of nitrogens with one attached hydrogen (secondary N) is 1. The van der Waals surface area contributed by atoms with Crippen LogP contribution < -0.4 is 15.0 Å². The molecule has 0 aromatic heterocycles. The molecule has 0 bridgehead atoms. The van der Waals surface area contributed by atoms with Gasteiger partial charge in [0.2, 0.25) is 0 Å². The fraction of sp³-hybridized carbons (Fsp3) is 0.176. The number of ether oxygens (including phenoxy) is 2. The van der Waals surface area contributed by atoms with Gasteiger partial charge in [-0.25, -0.2) is 4.79 Å². The van der Waals surface area contributed by atoms with Gasteiger partial charge < -0.3 is 14.8 Å². The highest BCUT2D eigenvalue weighted by molar-refractivity contribution is 6.04. The Kier molecular flexibility index (Phi) is 4.14. The molecule has 23 heavy (non-hydrogen) atoms. The van der Waals surface area contributed by atoms with Crippen molar-refractivity contribution < 1.29 is 19.1 Å². The van der Waals surface area contributed by atoms with Gasteiger partial charge in [0.05, 0.1) is 13.7 Å². The van der Waals surface area contributed by atoms with Crippen LogP contribution in [0.1, 0.15) is 10.4 Å². The van der Waals surface area contributed by atoms with Crippen LogP contribution in [0, 0.1) is 0 Å². The normalized spacial score (nSPS) is 13.6. The van der Waals surface area contributed by atoms with Gasteiger partial charge in [-0.2, -0.15) is 0 Å². The quantitative estimate of drug-likeness (QED) is 0.942. The number of hydrogen-bond donors (Lipinski definition) is 1. The van der Waals surface area contributed by atoms with E-state index in [0.717, 1.165) is 5.75 Å². The summed E-state index contributed by atoms with van der Waals surface area (Å²) >= 11 is 0. The number of nitrogens with zero attached hydrogens (tertiary/aromatic N) is 1. The predicted molar refractivity (Wildman–Crippen MR) is 86.1 cm³/mol. The van der Waals surface area contributed by atoms with Gasteiger partial charge >= 0.3 is 6.09 Å². The van der Waals surface area contributed by atoms with Crippen molar-refractivity contribution in [3.05, 3.63) is 54.1 Å². The summed E-state index contributed by atoms with van der Waals surface area (Å²) in [6, 6.07) is 13.9. The van der Waals surface area contributed by atoms with Crippen LogP contribution in [0.4, 0.5) is 16.2 Å². The molecule has 0 radical (unpaired) electrons. The van der Waals surface area contributed by atoms with Crippen molar-refractivity contribution in [2.45, 2.75) is 0 Å². The predicted octanol–water partition coefficient (Wildman–Crippen LogP) is 2.90. The molecule has 2 amide bonds. The Morgan fingerprint density at radius 2 is 1.83 bits per heavy atom. The van der Waals surface area contributed by atoms with Crippen molar-refractivity contribution in [1.29, 1.82) is 0 Å². The summed E-state index contributed by atoms with van der Waals surface area (Å²) in [6.45, 7) is 0.911. The zero-order valence-corrected chi connectivity index (χ0v) is 12.6. The molecular weight excluding hydrogens is 296 g/mol. The summed E-state index contributed by atoms with van der Waals surface area (Å²) in [4.78, 5) is 25.3. The van der Waals surface area contributed by atoms with E-state index >= 15 is 0 Å². The van der Waals surface area contributed by atoms with Crippen molar-refractivity contribution in [2.24, 2.45) is 0 Å². The number of benzene rings is 2. The molecule has 6 nitrogen and oxygen atoms in total. The van der Waals surface area contributed by atoms with E-state index in [0.29, 0.717) is 30.1 Å². The highest BCUT2D eigenvalue weighted by Crippen LogP contribution is 2.20. The minimum Gasteiger partial charge on any atom is -0.497 e. The molecule has 1 fully saturated rings. The SMILES string of the molecule is COc1ccc(NC(=O)c2ccc(N3CCOC3=O)cc2)cc1. The van der Waals surface area contributed by atoms with E-state index in [4.69, 9.17) is 9.47 Å². The molecule has 1 aliphatic rings. The van der Waals surface area contributed by atoms with Crippen molar-refractivity contribution in [3.63, 3.8) is 0 Å². The second-order valence-corrected chi connectivity index (χ2v) is 5.00. The number of methoxy groups -OCH3 is 1. The topological polar surface area (TPSA) is 67.9 Å². The zero-order valence-electron chi connectivity index (χ0n) is 12.6. The Morgan fingerprint density at radius 3 is 2.39 bits per heavy atom. The summed E-state index contributed by atoms with van der Waals surface area (Å²) in [6.07, 6.45) is -0.361. The van der Waals surface area contributed by atoms with Gasteiger partial charge in [-0.1, -0.05) is 0 Å². The van der Waals surface area contributed by atoms with Crippen LogP contribution in [0.3, 0.4) is 0 Å². The average Bonchev–Trinajstić information content (AvgIpc) is 3.02. The van der Waals surface area contributed by atoms with Gasteiger partial charge in [0, 0.05) is 16.9 Å². The summed E-state index contributed by atoms with van der Waals surface area (Å²) < 4.78 is 9.97. The number of cyclic esters (lactones) is 1. The molecule has 2 aromatic rings. The summed E-state index contributed by atoms with van der Waals surface area (Å²) in [5, 5.41) is 2.81. The van der Waals surface area contributed by atoms with E-state index in [1.165, 1.54) is 4.90 Å². The standard InChI is InChI=1S/C17H16N2O4/c1-22-15-8-4-13(5-9-15)18-16(20)12-2-6-14(7-3-12)19-10-11-23-17(19)21/h2-9H,10-11H2,1H3,(H,18,20). The first-order chi connectivity index (χ1) is 11.2. The van der Waals surface area contributed by atoms with Gasteiger partial charge in [0.25, 0.3) is 5.91 Å².